The summed E-state index contributed by atoms with van der Waals surface area (Å²) in [4.78, 5) is 7.72. The van der Waals surface area contributed by atoms with E-state index >= 15 is 0 Å². The second-order valence-corrected chi connectivity index (χ2v) is 2.45. The Bertz CT molecular complexity index is 277. The van der Waals surface area contributed by atoms with Gasteiger partial charge in [-0.05, 0) is 13.8 Å². The standard InChI is InChI=1S/C8H13FN4/c1-3-10-7-6(9)5-12-8(13-7)11-4-2/h5H,3-4H2,1-2H3,(H2,10,11,12,13). The topological polar surface area (TPSA) is 49.8 Å². The van der Waals surface area contributed by atoms with Gasteiger partial charge in [0, 0.05) is 13.1 Å². The van der Waals surface area contributed by atoms with Gasteiger partial charge in [0.1, 0.15) is 0 Å². The summed E-state index contributed by atoms with van der Waals surface area (Å²) in [6, 6.07) is 0. The second-order valence-electron chi connectivity index (χ2n) is 2.45. The summed E-state index contributed by atoms with van der Waals surface area (Å²) in [6.07, 6.45) is 1.16. The molecule has 0 aromatic carbocycles. The van der Waals surface area contributed by atoms with Crippen LogP contribution in [-0.4, -0.2) is 23.1 Å². The molecule has 1 rings (SSSR count). The minimum atomic E-state index is -0.427. The Labute approximate surface area is 76.6 Å². The van der Waals surface area contributed by atoms with E-state index in [1.165, 1.54) is 0 Å². The first-order valence-corrected chi connectivity index (χ1v) is 4.28. The number of aromatic nitrogens is 2. The molecule has 0 aliphatic heterocycles. The lowest BCUT2D eigenvalue weighted by molar-refractivity contribution is 0.617. The highest BCUT2D eigenvalue weighted by Gasteiger charge is 2.04. The van der Waals surface area contributed by atoms with E-state index in [0.29, 0.717) is 12.5 Å². The maximum atomic E-state index is 13.0. The van der Waals surface area contributed by atoms with Crippen molar-refractivity contribution in [3.05, 3.63) is 12.0 Å². The fraction of sp³-hybridized carbons (Fsp3) is 0.500. The zero-order valence-electron chi connectivity index (χ0n) is 7.76. The van der Waals surface area contributed by atoms with Gasteiger partial charge in [0.2, 0.25) is 5.95 Å². The fourth-order valence-corrected chi connectivity index (χ4v) is 0.902. The highest BCUT2D eigenvalue weighted by Crippen LogP contribution is 2.10. The SMILES string of the molecule is CCNc1ncc(F)c(NCC)n1. The average molecular weight is 184 g/mol. The van der Waals surface area contributed by atoms with Gasteiger partial charge in [-0.2, -0.15) is 4.98 Å². The summed E-state index contributed by atoms with van der Waals surface area (Å²) in [5, 5.41) is 5.71. The van der Waals surface area contributed by atoms with Crippen LogP contribution in [-0.2, 0) is 0 Å². The molecule has 13 heavy (non-hydrogen) atoms. The van der Waals surface area contributed by atoms with Gasteiger partial charge in [0.25, 0.3) is 0 Å². The van der Waals surface area contributed by atoms with Crippen molar-refractivity contribution in [3.63, 3.8) is 0 Å². The van der Waals surface area contributed by atoms with Crippen molar-refractivity contribution in [2.75, 3.05) is 23.7 Å². The van der Waals surface area contributed by atoms with Crippen molar-refractivity contribution < 1.29 is 4.39 Å². The summed E-state index contributed by atoms with van der Waals surface area (Å²) in [5.41, 5.74) is 0. The van der Waals surface area contributed by atoms with Crippen LogP contribution in [0.1, 0.15) is 13.8 Å². The minimum absolute atomic E-state index is 0.244. The summed E-state index contributed by atoms with van der Waals surface area (Å²) in [6.45, 7) is 5.17. The van der Waals surface area contributed by atoms with Crippen LogP contribution in [0.25, 0.3) is 0 Å². The third kappa shape index (κ3) is 2.54. The molecule has 4 nitrogen and oxygen atoms in total. The zero-order chi connectivity index (χ0) is 9.68. The molecule has 0 fully saturated rings. The number of anilines is 2. The molecule has 0 radical (unpaired) electrons. The van der Waals surface area contributed by atoms with Crippen LogP contribution in [0, 0.1) is 5.82 Å². The third-order valence-electron chi connectivity index (χ3n) is 1.42. The average Bonchev–Trinajstić information content (AvgIpc) is 2.12. The van der Waals surface area contributed by atoms with Gasteiger partial charge >= 0.3 is 0 Å². The molecule has 1 aromatic heterocycles. The van der Waals surface area contributed by atoms with E-state index in [9.17, 15) is 4.39 Å². The molecule has 0 atom stereocenters. The third-order valence-corrected chi connectivity index (χ3v) is 1.42. The molecule has 0 bridgehead atoms. The van der Waals surface area contributed by atoms with Crippen LogP contribution in [0.4, 0.5) is 16.2 Å². The van der Waals surface area contributed by atoms with Crippen LogP contribution < -0.4 is 10.6 Å². The maximum absolute atomic E-state index is 13.0. The van der Waals surface area contributed by atoms with Crippen molar-refractivity contribution >= 4 is 11.8 Å². The molecule has 5 heteroatoms. The first-order valence-electron chi connectivity index (χ1n) is 4.28. The van der Waals surface area contributed by atoms with E-state index in [0.717, 1.165) is 12.7 Å². The Hall–Kier alpha value is -1.39. The maximum Gasteiger partial charge on any atom is 0.224 e. The van der Waals surface area contributed by atoms with E-state index in [-0.39, 0.29) is 5.82 Å². The molecule has 0 amide bonds. The highest BCUT2D eigenvalue weighted by molar-refractivity contribution is 5.40. The molecule has 0 aliphatic rings. The lowest BCUT2D eigenvalue weighted by Gasteiger charge is -2.05. The fourth-order valence-electron chi connectivity index (χ4n) is 0.902. The van der Waals surface area contributed by atoms with Gasteiger partial charge in [0.05, 0.1) is 6.20 Å². The van der Waals surface area contributed by atoms with E-state index < -0.39 is 5.82 Å². The highest BCUT2D eigenvalue weighted by atomic mass is 19.1. The number of hydrogen-bond donors (Lipinski definition) is 2. The van der Waals surface area contributed by atoms with Gasteiger partial charge in [-0.1, -0.05) is 0 Å². The first kappa shape index (κ1) is 9.70. The van der Waals surface area contributed by atoms with Gasteiger partial charge < -0.3 is 10.6 Å². The van der Waals surface area contributed by atoms with Gasteiger partial charge in [0.15, 0.2) is 11.6 Å². The van der Waals surface area contributed by atoms with Gasteiger partial charge in [-0.3, -0.25) is 0 Å². The first-order chi connectivity index (χ1) is 6.27. The molecule has 0 saturated heterocycles. The number of halogens is 1. The Kier molecular flexibility index (Phi) is 3.42. The quantitative estimate of drug-likeness (QED) is 0.744. The largest absolute Gasteiger partial charge is 0.368 e. The van der Waals surface area contributed by atoms with Crippen molar-refractivity contribution in [2.24, 2.45) is 0 Å². The van der Waals surface area contributed by atoms with Crippen molar-refractivity contribution in [1.29, 1.82) is 0 Å². The molecule has 0 saturated carbocycles. The van der Waals surface area contributed by atoms with Crippen LogP contribution in [0.15, 0.2) is 6.20 Å². The smallest absolute Gasteiger partial charge is 0.224 e. The molecule has 0 aliphatic carbocycles. The van der Waals surface area contributed by atoms with E-state index in [4.69, 9.17) is 0 Å². The van der Waals surface area contributed by atoms with E-state index in [1.807, 2.05) is 13.8 Å². The molecular weight excluding hydrogens is 171 g/mol. The Morgan fingerprint density at radius 3 is 2.62 bits per heavy atom. The summed E-state index contributed by atoms with van der Waals surface area (Å²) >= 11 is 0. The van der Waals surface area contributed by atoms with E-state index in [2.05, 4.69) is 20.6 Å². The summed E-state index contributed by atoms with van der Waals surface area (Å²) in [5.74, 6) is 0.261. The molecule has 0 spiro atoms. The van der Waals surface area contributed by atoms with Crippen LogP contribution in [0.3, 0.4) is 0 Å². The Balaban J connectivity index is 2.83. The van der Waals surface area contributed by atoms with Crippen LogP contribution in [0.2, 0.25) is 0 Å². The number of hydrogen-bond acceptors (Lipinski definition) is 4. The van der Waals surface area contributed by atoms with Gasteiger partial charge in [-0.25, -0.2) is 9.37 Å². The molecule has 1 heterocycles. The molecular formula is C8H13FN4. The van der Waals surface area contributed by atoms with E-state index in [1.54, 1.807) is 0 Å². The lowest BCUT2D eigenvalue weighted by Crippen LogP contribution is -2.07. The van der Waals surface area contributed by atoms with Gasteiger partial charge in [-0.15, -0.1) is 0 Å². The number of rotatable bonds is 4. The molecule has 0 unspecified atom stereocenters. The minimum Gasteiger partial charge on any atom is -0.368 e. The number of nitrogens with zero attached hydrogens (tertiary/aromatic N) is 2. The Morgan fingerprint density at radius 1 is 1.31 bits per heavy atom. The molecule has 2 N–H and O–H groups in total. The monoisotopic (exact) mass is 184 g/mol. The summed E-state index contributed by atoms with van der Waals surface area (Å²) in [7, 11) is 0. The van der Waals surface area contributed by atoms with Crippen molar-refractivity contribution in [1.82, 2.24) is 9.97 Å². The second kappa shape index (κ2) is 4.59. The number of nitrogens with one attached hydrogen (secondary N) is 2. The normalized spacial score (nSPS) is 9.77. The zero-order valence-corrected chi connectivity index (χ0v) is 7.76. The van der Waals surface area contributed by atoms with Crippen molar-refractivity contribution in [3.8, 4) is 0 Å². The van der Waals surface area contributed by atoms with Crippen LogP contribution in [0.5, 0.6) is 0 Å². The Morgan fingerprint density at radius 2 is 2.00 bits per heavy atom. The predicted octanol–water partition coefficient (Wildman–Crippen LogP) is 1.48. The lowest BCUT2D eigenvalue weighted by atomic mass is 10.5. The summed E-state index contributed by atoms with van der Waals surface area (Å²) < 4.78 is 13.0. The predicted molar refractivity (Wildman–Crippen MR) is 50.3 cm³/mol. The molecule has 1 aromatic rings. The van der Waals surface area contributed by atoms with Crippen LogP contribution >= 0.6 is 0 Å². The molecule has 72 valence electrons. The van der Waals surface area contributed by atoms with Crippen molar-refractivity contribution in [2.45, 2.75) is 13.8 Å².